The van der Waals surface area contributed by atoms with E-state index in [2.05, 4.69) is 15.0 Å². The number of imidazole rings is 1. The molecule has 2 N–H and O–H groups in total. The van der Waals surface area contributed by atoms with Crippen LogP contribution in [-0.4, -0.2) is 51.0 Å². The molecule has 0 radical (unpaired) electrons. The van der Waals surface area contributed by atoms with Gasteiger partial charge in [-0.25, -0.2) is 9.55 Å². The van der Waals surface area contributed by atoms with Crippen molar-refractivity contribution in [1.82, 2.24) is 19.5 Å². The fraction of sp³-hybridized carbons (Fsp3) is 0.688. The van der Waals surface area contributed by atoms with E-state index in [0.717, 1.165) is 0 Å². The van der Waals surface area contributed by atoms with Crippen LogP contribution in [0.2, 0.25) is 0 Å². The molecule has 0 aromatic carbocycles. The monoisotopic (exact) mass is 415 g/mol. The molecule has 1 fully saturated rings. The number of fused-ring (bicyclic) bond motifs is 1. The summed E-state index contributed by atoms with van der Waals surface area (Å²) in [6, 6.07) is 0. The molecule has 1 aliphatic heterocycles. The van der Waals surface area contributed by atoms with Crippen molar-refractivity contribution in [3.05, 3.63) is 6.33 Å². The number of aromatic nitrogens is 4. The number of hydrogen-bond acceptors (Lipinski definition) is 10. The molecule has 4 atom stereocenters. The number of nitrogen functional groups attached to an aromatic ring is 1. The predicted molar refractivity (Wildman–Crippen MR) is 101 cm³/mol. The Morgan fingerprint density at radius 3 is 2.79 bits per heavy atom. The number of phosphoric ester groups is 1. The fourth-order valence-corrected chi connectivity index (χ4v) is 4.35. The van der Waals surface area contributed by atoms with Crippen LogP contribution in [0, 0.1) is 0 Å². The van der Waals surface area contributed by atoms with E-state index in [-0.39, 0.29) is 18.7 Å². The molecule has 0 bridgehead atoms. The zero-order valence-corrected chi connectivity index (χ0v) is 17.5. The lowest BCUT2D eigenvalue weighted by atomic mass is 10.2. The van der Waals surface area contributed by atoms with Crippen LogP contribution >= 0.6 is 7.82 Å². The topological polar surface area (TPSA) is 133 Å². The van der Waals surface area contributed by atoms with Crippen LogP contribution in [0.5, 0.6) is 5.88 Å². The zero-order chi connectivity index (χ0) is 20.5. The second-order valence-corrected chi connectivity index (χ2v) is 8.20. The summed E-state index contributed by atoms with van der Waals surface area (Å²) in [7, 11) is -3.58. The summed E-state index contributed by atoms with van der Waals surface area (Å²) in [5.74, 6) is 0.398. The van der Waals surface area contributed by atoms with Crippen molar-refractivity contribution in [3.8, 4) is 5.88 Å². The number of nitrogens with zero attached hydrogens (tertiary/aromatic N) is 4. The summed E-state index contributed by atoms with van der Waals surface area (Å²) in [6.07, 6.45) is -0.132. The van der Waals surface area contributed by atoms with Gasteiger partial charge in [-0.15, -0.1) is 0 Å². The summed E-state index contributed by atoms with van der Waals surface area (Å²) in [4.78, 5) is 12.6. The predicted octanol–water partition coefficient (Wildman–Crippen LogP) is 2.68. The third kappa shape index (κ3) is 4.44. The van der Waals surface area contributed by atoms with Crippen molar-refractivity contribution in [2.75, 3.05) is 18.9 Å². The van der Waals surface area contributed by atoms with Crippen LogP contribution in [0.25, 0.3) is 11.2 Å². The largest absolute Gasteiger partial charge is 0.476 e. The van der Waals surface area contributed by atoms with E-state index in [0.29, 0.717) is 23.7 Å². The second-order valence-electron chi connectivity index (χ2n) is 6.63. The highest BCUT2D eigenvalue weighted by Gasteiger charge is 2.41. The lowest BCUT2D eigenvalue weighted by molar-refractivity contribution is -0.133. The maximum atomic E-state index is 12.4. The van der Waals surface area contributed by atoms with Crippen molar-refractivity contribution in [3.63, 3.8) is 0 Å². The lowest BCUT2D eigenvalue weighted by Crippen LogP contribution is -2.38. The molecular formula is C16H26N5O6P. The first-order valence-electron chi connectivity index (χ1n) is 9.12. The summed E-state index contributed by atoms with van der Waals surface area (Å²) >= 11 is 0. The Labute approximate surface area is 163 Å². The van der Waals surface area contributed by atoms with Crippen LogP contribution in [0.4, 0.5) is 5.95 Å². The van der Waals surface area contributed by atoms with Gasteiger partial charge in [-0.2, -0.15) is 9.97 Å². The number of phosphoric acid groups is 1. The molecule has 0 saturated carbocycles. The number of nitrogens with two attached hydrogens (primary N) is 1. The molecule has 2 aromatic heterocycles. The second kappa shape index (κ2) is 8.30. The van der Waals surface area contributed by atoms with E-state index in [4.69, 9.17) is 28.8 Å². The molecule has 1 aliphatic rings. The molecule has 156 valence electrons. The van der Waals surface area contributed by atoms with E-state index < -0.39 is 26.3 Å². The normalized spacial score (nSPS) is 26.6. The minimum atomic E-state index is -3.58. The van der Waals surface area contributed by atoms with E-state index in [9.17, 15) is 4.57 Å². The van der Waals surface area contributed by atoms with E-state index in [1.165, 1.54) is 0 Å². The van der Waals surface area contributed by atoms with E-state index in [1.807, 2.05) is 13.8 Å². The van der Waals surface area contributed by atoms with Crippen LogP contribution in [0.15, 0.2) is 6.33 Å². The molecule has 0 spiro atoms. The molecule has 12 heteroatoms. The summed E-state index contributed by atoms with van der Waals surface area (Å²) in [6.45, 7) is 9.45. The highest BCUT2D eigenvalue weighted by Crippen LogP contribution is 2.54. The average Bonchev–Trinajstić information content (AvgIpc) is 3.00. The summed E-state index contributed by atoms with van der Waals surface area (Å²) < 4.78 is 41.8. The SMILES string of the molecule is CCOc1nc(N)nc2c1ncn2C(C)OC1COP(=O)(OC(C)C)OC1C. The highest BCUT2D eigenvalue weighted by atomic mass is 31.2. The van der Waals surface area contributed by atoms with Crippen molar-refractivity contribution in [1.29, 1.82) is 0 Å². The molecule has 3 heterocycles. The maximum absolute atomic E-state index is 12.4. The van der Waals surface area contributed by atoms with Crippen LogP contribution < -0.4 is 10.5 Å². The molecule has 3 rings (SSSR count). The number of anilines is 1. The first-order valence-corrected chi connectivity index (χ1v) is 10.6. The lowest BCUT2D eigenvalue weighted by Gasteiger charge is -2.35. The van der Waals surface area contributed by atoms with E-state index >= 15 is 0 Å². The molecule has 2 aromatic rings. The van der Waals surface area contributed by atoms with Crippen molar-refractivity contribution in [2.24, 2.45) is 0 Å². The molecule has 11 nitrogen and oxygen atoms in total. The van der Waals surface area contributed by atoms with Gasteiger partial charge in [-0.1, -0.05) is 0 Å². The van der Waals surface area contributed by atoms with Gasteiger partial charge in [-0.05, 0) is 34.6 Å². The third-order valence-electron chi connectivity index (χ3n) is 4.01. The van der Waals surface area contributed by atoms with Crippen LogP contribution in [-0.2, 0) is 22.9 Å². The smallest absolute Gasteiger partial charge is 0.475 e. The Morgan fingerprint density at radius 2 is 2.14 bits per heavy atom. The first kappa shape index (κ1) is 20.9. The van der Waals surface area contributed by atoms with Crippen LogP contribution in [0.3, 0.4) is 0 Å². The van der Waals surface area contributed by atoms with Gasteiger partial charge in [0.2, 0.25) is 11.8 Å². The van der Waals surface area contributed by atoms with Crippen molar-refractivity contribution >= 4 is 24.9 Å². The third-order valence-corrected chi connectivity index (χ3v) is 5.74. The quantitative estimate of drug-likeness (QED) is 0.673. The highest BCUT2D eigenvalue weighted by molar-refractivity contribution is 7.48. The maximum Gasteiger partial charge on any atom is 0.475 e. The molecule has 1 saturated heterocycles. The van der Waals surface area contributed by atoms with Gasteiger partial charge in [0.05, 0.1) is 31.7 Å². The van der Waals surface area contributed by atoms with E-state index in [1.54, 1.807) is 31.7 Å². The van der Waals surface area contributed by atoms with Gasteiger partial charge >= 0.3 is 7.82 Å². The minimum absolute atomic E-state index is 0.0729. The zero-order valence-electron chi connectivity index (χ0n) is 16.6. The number of ether oxygens (including phenoxy) is 2. The van der Waals surface area contributed by atoms with Gasteiger partial charge < -0.3 is 15.2 Å². The Bertz CT molecular complexity index is 875. The average molecular weight is 415 g/mol. The standard InChI is InChI=1S/C16H26N5O6P/c1-6-23-15-13-14(19-16(17)20-15)21(8-18-13)11(5)25-12-7-24-28(22,26-9(2)3)27-10(12)4/h8-12H,6-7H2,1-5H3,(H2,17,19,20). The van der Waals surface area contributed by atoms with Gasteiger partial charge in [0, 0.05) is 0 Å². The number of rotatable bonds is 7. The van der Waals surface area contributed by atoms with Crippen molar-refractivity contribution < 1.29 is 27.6 Å². The molecule has 0 amide bonds. The Balaban J connectivity index is 1.75. The van der Waals surface area contributed by atoms with Gasteiger partial charge in [0.1, 0.15) is 12.3 Å². The summed E-state index contributed by atoms with van der Waals surface area (Å²) in [5, 5.41) is 0. The molecule has 0 aliphatic carbocycles. The Morgan fingerprint density at radius 1 is 1.39 bits per heavy atom. The van der Waals surface area contributed by atoms with Gasteiger partial charge in [0.25, 0.3) is 0 Å². The first-order chi connectivity index (χ1) is 13.2. The van der Waals surface area contributed by atoms with Crippen molar-refractivity contribution in [2.45, 2.75) is 59.2 Å². The van der Waals surface area contributed by atoms with Gasteiger partial charge in [0.15, 0.2) is 11.2 Å². The number of hydrogen-bond donors (Lipinski definition) is 1. The molecule has 28 heavy (non-hydrogen) atoms. The fourth-order valence-electron chi connectivity index (χ4n) is 2.79. The van der Waals surface area contributed by atoms with Crippen LogP contribution in [0.1, 0.15) is 40.8 Å². The molecular weight excluding hydrogens is 389 g/mol. The Kier molecular flexibility index (Phi) is 6.21. The van der Waals surface area contributed by atoms with Gasteiger partial charge in [-0.3, -0.25) is 18.1 Å². The summed E-state index contributed by atoms with van der Waals surface area (Å²) in [5.41, 5.74) is 6.77. The minimum Gasteiger partial charge on any atom is -0.476 e. The molecule has 4 unspecified atom stereocenters. The Hall–Kier alpha value is -1.78.